The summed E-state index contributed by atoms with van der Waals surface area (Å²) in [6, 6.07) is 26.3. The number of benzene rings is 4. The lowest BCUT2D eigenvalue weighted by Gasteiger charge is -2.45. The van der Waals surface area contributed by atoms with Gasteiger partial charge < -0.3 is 29.1 Å². The number of oxime groups is 1. The van der Waals surface area contributed by atoms with Crippen LogP contribution in [0.2, 0.25) is 5.02 Å². The molecule has 0 amide bonds. The molecule has 1 N–H and O–H groups in total. The van der Waals surface area contributed by atoms with Crippen molar-refractivity contribution >= 4 is 39.0 Å². The second-order valence-electron chi connectivity index (χ2n) is 17.0. The number of rotatable bonds is 15. The van der Waals surface area contributed by atoms with E-state index in [-0.39, 0.29) is 36.1 Å². The van der Waals surface area contributed by atoms with E-state index >= 15 is 0 Å². The lowest BCUT2D eigenvalue weighted by molar-refractivity contribution is -0.0213. The molecule has 0 radical (unpaired) electrons. The third-order valence-corrected chi connectivity index (χ3v) is 15.7. The van der Waals surface area contributed by atoms with Gasteiger partial charge in [0, 0.05) is 49.0 Å². The summed E-state index contributed by atoms with van der Waals surface area (Å²) in [6.45, 7) is 4.18. The molecule has 5 atom stereocenters. The molecule has 2 unspecified atom stereocenters. The Labute approximate surface area is 358 Å². The fourth-order valence-electron chi connectivity index (χ4n) is 9.55. The molecule has 4 aliphatic rings. The molecule has 0 bridgehead atoms. The summed E-state index contributed by atoms with van der Waals surface area (Å²) >= 11 is 6.45. The van der Waals surface area contributed by atoms with Crippen LogP contribution in [-0.2, 0) is 39.8 Å². The summed E-state index contributed by atoms with van der Waals surface area (Å²) in [4.78, 5) is 20.6. The largest absolute Gasteiger partial charge is 0.497 e. The molecule has 1 spiro atoms. The second kappa shape index (κ2) is 17.7. The number of hydrogen-bond acceptors (Lipinski definition) is 9. The van der Waals surface area contributed by atoms with Crippen molar-refractivity contribution in [1.29, 1.82) is 0 Å². The van der Waals surface area contributed by atoms with Crippen molar-refractivity contribution in [2.24, 2.45) is 17.0 Å². The van der Waals surface area contributed by atoms with Gasteiger partial charge >= 0.3 is 5.97 Å². The zero-order valence-electron chi connectivity index (χ0n) is 34.5. The average Bonchev–Trinajstić information content (AvgIpc) is 3.64. The average molecular weight is 856 g/mol. The molecule has 2 aliphatic heterocycles. The van der Waals surface area contributed by atoms with Crippen molar-refractivity contribution in [3.8, 4) is 17.2 Å². The first kappa shape index (κ1) is 41.9. The molecule has 4 aromatic carbocycles. The molecular formula is C47H54ClN3O8S. The molecule has 11 nitrogen and oxygen atoms in total. The van der Waals surface area contributed by atoms with E-state index in [1.165, 1.54) is 11.1 Å². The van der Waals surface area contributed by atoms with Gasteiger partial charge in [-0.3, -0.25) is 0 Å². The number of carboxylic acids is 1. The summed E-state index contributed by atoms with van der Waals surface area (Å²) in [5.74, 6) is 1.73. The maximum Gasteiger partial charge on any atom is 0.335 e. The monoisotopic (exact) mass is 855 g/mol. The SMILES string of the molecule is COc1ccc(CN(Cc2ccc(OC)cc2)S(=O)(=O)C(C)CCC2=NO[C@H]([C@@H]3CC[C@H]3CN3CC4(CCCc5cc(Cl)ccc54)COc4ccc(C(=O)O)cc43)C2)cc1. The van der Waals surface area contributed by atoms with E-state index in [2.05, 4.69) is 22.2 Å². The summed E-state index contributed by atoms with van der Waals surface area (Å²) < 4.78 is 47.3. The molecule has 0 aromatic heterocycles. The number of nitrogens with zero attached hydrogens (tertiary/aromatic N) is 3. The summed E-state index contributed by atoms with van der Waals surface area (Å²) in [5, 5.41) is 14.6. The van der Waals surface area contributed by atoms with E-state index < -0.39 is 21.2 Å². The lowest BCUT2D eigenvalue weighted by atomic mass is 9.68. The van der Waals surface area contributed by atoms with Crippen molar-refractivity contribution in [2.45, 2.75) is 88.1 Å². The molecule has 13 heteroatoms. The number of carbonyl (C=O) groups is 1. The number of methoxy groups -OCH3 is 2. The van der Waals surface area contributed by atoms with E-state index in [1.807, 2.05) is 54.6 Å². The van der Waals surface area contributed by atoms with Gasteiger partial charge in [0.05, 0.1) is 43.0 Å². The van der Waals surface area contributed by atoms with Crippen molar-refractivity contribution in [3.05, 3.63) is 118 Å². The van der Waals surface area contributed by atoms with Crippen LogP contribution in [0.1, 0.15) is 84.5 Å². The molecule has 0 saturated heterocycles. The van der Waals surface area contributed by atoms with Crippen LogP contribution in [0.3, 0.4) is 0 Å². The van der Waals surface area contributed by atoms with Crippen molar-refractivity contribution in [2.75, 3.05) is 38.8 Å². The molecule has 1 fully saturated rings. The zero-order valence-corrected chi connectivity index (χ0v) is 36.1. The van der Waals surface area contributed by atoms with Crippen LogP contribution in [0, 0.1) is 11.8 Å². The number of sulfonamides is 1. The summed E-state index contributed by atoms with van der Waals surface area (Å²) in [6.07, 6.45) is 6.49. The van der Waals surface area contributed by atoms with Gasteiger partial charge in [0.25, 0.3) is 0 Å². The Balaban J connectivity index is 0.934. The molecule has 60 heavy (non-hydrogen) atoms. The fraction of sp³-hybridized carbons (Fsp3) is 0.447. The number of anilines is 1. The maximum atomic E-state index is 14.3. The van der Waals surface area contributed by atoms with E-state index in [0.29, 0.717) is 55.6 Å². The zero-order chi connectivity index (χ0) is 42.0. The number of halogens is 1. The van der Waals surface area contributed by atoms with Gasteiger partial charge in [-0.1, -0.05) is 47.1 Å². The third kappa shape index (κ3) is 8.83. The highest BCUT2D eigenvalue weighted by molar-refractivity contribution is 7.89. The van der Waals surface area contributed by atoms with Gasteiger partial charge in [-0.05, 0) is 135 Å². The van der Waals surface area contributed by atoms with E-state index in [1.54, 1.807) is 43.6 Å². The van der Waals surface area contributed by atoms with E-state index in [0.717, 1.165) is 66.2 Å². The van der Waals surface area contributed by atoms with Crippen LogP contribution in [0.25, 0.3) is 0 Å². The van der Waals surface area contributed by atoms with Crippen molar-refractivity contribution in [3.63, 3.8) is 0 Å². The number of carboxylic acid groups (broad SMARTS) is 1. The Morgan fingerprint density at radius 1 is 0.983 bits per heavy atom. The highest BCUT2D eigenvalue weighted by Crippen LogP contribution is 2.47. The Kier molecular flexibility index (Phi) is 12.4. The number of aromatic carboxylic acids is 1. The van der Waals surface area contributed by atoms with Gasteiger partial charge in [0.15, 0.2) is 0 Å². The Bertz CT molecular complexity index is 2270. The highest BCUT2D eigenvalue weighted by atomic mass is 35.5. The number of hydrogen-bond donors (Lipinski definition) is 1. The van der Waals surface area contributed by atoms with Gasteiger partial charge in [0.2, 0.25) is 10.0 Å². The fourth-order valence-corrected chi connectivity index (χ4v) is 11.3. The molecule has 1 saturated carbocycles. The highest BCUT2D eigenvalue weighted by Gasteiger charge is 2.46. The molecule has 4 aromatic rings. The molecule has 318 valence electrons. The van der Waals surface area contributed by atoms with Crippen molar-refractivity contribution in [1.82, 2.24) is 4.31 Å². The lowest BCUT2D eigenvalue weighted by Crippen LogP contribution is -2.49. The van der Waals surface area contributed by atoms with E-state index in [9.17, 15) is 18.3 Å². The minimum absolute atomic E-state index is 0.0909. The van der Waals surface area contributed by atoms with Crippen LogP contribution in [-0.4, -0.2) is 74.8 Å². The van der Waals surface area contributed by atoms with Gasteiger partial charge in [-0.15, -0.1) is 0 Å². The van der Waals surface area contributed by atoms with E-state index in [4.69, 9.17) is 30.6 Å². The molecular weight excluding hydrogens is 802 g/mol. The van der Waals surface area contributed by atoms with Gasteiger partial charge in [0.1, 0.15) is 23.4 Å². The van der Waals surface area contributed by atoms with Crippen molar-refractivity contribution < 1.29 is 37.4 Å². The first-order valence-corrected chi connectivity index (χ1v) is 22.8. The Morgan fingerprint density at radius 2 is 1.68 bits per heavy atom. The number of fused-ring (bicyclic) bond motifs is 3. The van der Waals surface area contributed by atoms with Gasteiger partial charge in [-0.25, -0.2) is 13.2 Å². The van der Waals surface area contributed by atoms with Gasteiger partial charge in [-0.2, -0.15) is 4.31 Å². The summed E-state index contributed by atoms with van der Waals surface area (Å²) in [7, 11) is -0.505. The minimum Gasteiger partial charge on any atom is -0.497 e. The Hall–Kier alpha value is -4.78. The predicted molar refractivity (Wildman–Crippen MR) is 233 cm³/mol. The smallest absolute Gasteiger partial charge is 0.335 e. The minimum atomic E-state index is -3.72. The quantitative estimate of drug-likeness (QED) is 0.125. The van der Waals surface area contributed by atoms with Crippen LogP contribution >= 0.6 is 11.6 Å². The standard InChI is InChI=1S/C47H54ClN3O8S/c1-31(60(54,55)51(26-32-7-15-39(56-2)16-8-32)27-33-9-17-40(57-3)18-10-33)6-14-38-25-45(59-49-38)41-19-11-36(41)28-50-29-47(22-4-5-34-23-37(48)13-20-42(34)47)30-58-44-21-12-35(46(52)53)24-43(44)50/h7-10,12-13,15-18,20-21,23-24,31,36,41,45H,4-6,11,14,19,22,25-30H2,1-3H3,(H,52,53)/t31?,36-,41+,45-,47?/m0/s1. The molecule has 2 aliphatic carbocycles. The first-order chi connectivity index (χ1) is 28.9. The van der Waals surface area contributed by atoms with Crippen LogP contribution < -0.4 is 19.1 Å². The number of aryl methyl sites for hydroxylation is 1. The molecule has 8 rings (SSSR count). The van der Waals surface area contributed by atoms with Crippen LogP contribution in [0.5, 0.6) is 17.2 Å². The first-order valence-electron chi connectivity index (χ1n) is 20.9. The number of ether oxygens (including phenoxy) is 3. The predicted octanol–water partition coefficient (Wildman–Crippen LogP) is 8.90. The molecule has 2 heterocycles. The third-order valence-electron chi connectivity index (χ3n) is 13.2. The maximum absolute atomic E-state index is 14.3. The second-order valence-corrected chi connectivity index (χ2v) is 19.7. The summed E-state index contributed by atoms with van der Waals surface area (Å²) in [5.41, 5.74) is 5.92. The Morgan fingerprint density at radius 3 is 2.32 bits per heavy atom. The van der Waals surface area contributed by atoms with Crippen LogP contribution in [0.15, 0.2) is 90.1 Å². The van der Waals surface area contributed by atoms with Crippen LogP contribution in [0.4, 0.5) is 5.69 Å². The topological polar surface area (TPSA) is 127 Å². The normalized spacial score (nSPS) is 22.7.